The molecule has 0 aliphatic rings. The van der Waals surface area contributed by atoms with E-state index >= 15 is 0 Å². The van der Waals surface area contributed by atoms with Crippen LogP contribution in [0.3, 0.4) is 0 Å². The van der Waals surface area contributed by atoms with Crippen LogP contribution in [0.4, 0.5) is 5.69 Å². The minimum Gasteiger partial charge on any atom is -0.459 e. The summed E-state index contributed by atoms with van der Waals surface area (Å²) in [6, 6.07) is 5.27. The van der Waals surface area contributed by atoms with Crippen LogP contribution in [-0.4, -0.2) is 23.4 Å². The summed E-state index contributed by atoms with van der Waals surface area (Å²) >= 11 is 0. The first-order chi connectivity index (χ1) is 8.95. The Morgan fingerprint density at radius 1 is 1.37 bits per heavy atom. The van der Waals surface area contributed by atoms with Gasteiger partial charge < -0.3 is 10.1 Å². The van der Waals surface area contributed by atoms with Gasteiger partial charge in [-0.1, -0.05) is 12.1 Å². The fraction of sp³-hybridized carbons (Fsp3) is 0.333. The molecule has 0 saturated heterocycles. The van der Waals surface area contributed by atoms with Crippen LogP contribution in [0, 0.1) is 10.1 Å². The molecule has 102 valence electrons. The van der Waals surface area contributed by atoms with Crippen molar-refractivity contribution in [2.24, 2.45) is 0 Å². The number of nitrogens with zero attached hydrogens (tertiary/aromatic N) is 1. The van der Waals surface area contributed by atoms with E-state index in [1.54, 1.807) is 13.8 Å². The molecule has 0 radical (unpaired) electrons. The molecule has 1 aromatic carbocycles. The molecule has 0 saturated carbocycles. The Morgan fingerprint density at radius 2 is 1.95 bits per heavy atom. The van der Waals surface area contributed by atoms with Crippen molar-refractivity contribution >= 4 is 17.6 Å². The maximum Gasteiger partial charge on any atom is 0.396 e. The molecule has 0 aliphatic carbocycles. The Labute approximate surface area is 109 Å². The second-order valence-corrected chi connectivity index (χ2v) is 3.76. The zero-order valence-corrected chi connectivity index (χ0v) is 10.6. The zero-order chi connectivity index (χ0) is 14.4. The van der Waals surface area contributed by atoms with Crippen LogP contribution in [0.1, 0.15) is 25.5 Å². The number of esters is 1. The Hall–Kier alpha value is -2.44. The van der Waals surface area contributed by atoms with Gasteiger partial charge in [0.05, 0.1) is 17.6 Å². The summed E-state index contributed by atoms with van der Waals surface area (Å²) in [5, 5.41) is 12.9. The highest BCUT2D eigenvalue weighted by Crippen LogP contribution is 2.17. The molecule has 1 rings (SSSR count). The second-order valence-electron chi connectivity index (χ2n) is 3.76. The van der Waals surface area contributed by atoms with Gasteiger partial charge in [-0.15, -0.1) is 0 Å². The number of rotatable bonds is 4. The summed E-state index contributed by atoms with van der Waals surface area (Å²) in [4.78, 5) is 32.5. The average molecular weight is 266 g/mol. The number of hydrogen-bond acceptors (Lipinski definition) is 5. The maximum absolute atomic E-state index is 11.4. The van der Waals surface area contributed by atoms with E-state index in [1.165, 1.54) is 24.3 Å². The van der Waals surface area contributed by atoms with Gasteiger partial charge in [0, 0.05) is 12.1 Å². The topological polar surface area (TPSA) is 98.5 Å². The molecule has 0 unspecified atom stereocenters. The van der Waals surface area contributed by atoms with Crippen LogP contribution in [0.15, 0.2) is 24.3 Å². The third-order valence-corrected chi connectivity index (χ3v) is 2.41. The first-order valence-electron chi connectivity index (χ1n) is 5.67. The molecule has 1 aromatic rings. The van der Waals surface area contributed by atoms with Crippen molar-refractivity contribution in [1.82, 2.24) is 5.32 Å². The van der Waals surface area contributed by atoms with E-state index in [1.807, 2.05) is 0 Å². The van der Waals surface area contributed by atoms with E-state index in [0.717, 1.165) is 0 Å². The highest BCUT2D eigenvalue weighted by molar-refractivity contribution is 6.32. The van der Waals surface area contributed by atoms with Crippen molar-refractivity contribution < 1.29 is 19.2 Å². The molecular formula is C12H14N2O5. The fourth-order valence-corrected chi connectivity index (χ4v) is 1.42. The van der Waals surface area contributed by atoms with Crippen LogP contribution in [0.2, 0.25) is 0 Å². The lowest BCUT2D eigenvalue weighted by atomic mass is 10.1. The molecule has 0 bridgehead atoms. The van der Waals surface area contributed by atoms with E-state index in [9.17, 15) is 19.7 Å². The summed E-state index contributed by atoms with van der Waals surface area (Å²) in [6.45, 7) is 3.39. The highest BCUT2D eigenvalue weighted by atomic mass is 16.6. The van der Waals surface area contributed by atoms with Gasteiger partial charge in [-0.05, 0) is 19.4 Å². The minimum absolute atomic E-state index is 0.0346. The number of benzene rings is 1. The van der Waals surface area contributed by atoms with Crippen LogP contribution >= 0.6 is 0 Å². The van der Waals surface area contributed by atoms with Gasteiger partial charge in [0.1, 0.15) is 0 Å². The number of nitro benzene ring substituents is 1. The average Bonchev–Trinajstić information content (AvgIpc) is 2.38. The normalized spacial score (nSPS) is 11.5. The molecule has 0 heterocycles. The monoisotopic (exact) mass is 266 g/mol. The number of nitro groups is 1. The smallest absolute Gasteiger partial charge is 0.396 e. The number of hydrogen-bond donors (Lipinski definition) is 1. The van der Waals surface area contributed by atoms with E-state index in [4.69, 9.17) is 0 Å². The highest BCUT2D eigenvalue weighted by Gasteiger charge is 2.18. The lowest BCUT2D eigenvalue weighted by molar-refractivity contribution is -0.384. The van der Waals surface area contributed by atoms with Gasteiger partial charge in [-0.25, -0.2) is 4.79 Å². The van der Waals surface area contributed by atoms with Gasteiger partial charge in [0.15, 0.2) is 0 Å². The lowest BCUT2D eigenvalue weighted by Gasteiger charge is -2.13. The van der Waals surface area contributed by atoms with Gasteiger partial charge in [0.2, 0.25) is 0 Å². The van der Waals surface area contributed by atoms with Gasteiger partial charge >= 0.3 is 11.9 Å². The summed E-state index contributed by atoms with van der Waals surface area (Å²) < 4.78 is 4.55. The molecule has 1 N–H and O–H groups in total. The number of amides is 1. The second kappa shape index (κ2) is 6.48. The molecule has 0 aromatic heterocycles. The molecule has 1 atom stereocenters. The number of carbonyl (C=O) groups is 2. The van der Waals surface area contributed by atoms with Crippen molar-refractivity contribution in [3.63, 3.8) is 0 Å². The predicted molar refractivity (Wildman–Crippen MR) is 66.3 cm³/mol. The van der Waals surface area contributed by atoms with Crippen molar-refractivity contribution in [3.05, 3.63) is 39.9 Å². The summed E-state index contributed by atoms with van der Waals surface area (Å²) in [7, 11) is 0. The number of ether oxygens (including phenoxy) is 1. The van der Waals surface area contributed by atoms with Crippen molar-refractivity contribution in [2.45, 2.75) is 19.9 Å². The number of nitrogens with one attached hydrogen (secondary N) is 1. The maximum atomic E-state index is 11.4. The molecule has 1 amide bonds. The summed E-state index contributed by atoms with van der Waals surface area (Å²) in [5.41, 5.74) is 0.621. The van der Waals surface area contributed by atoms with E-state index in [0.29, 0.717) is 5.56 Å². The Balaban J connectivity index is 2.67. The Bertz CT molecular complexity index is 483. The van der Waals surface area contributed by atoms with Crippen LogP contribution in [-0.2, 0) is 14.3 Å². The van der Waals surface area contributed by atoms with Crippen LogP contribution in [0.25, 0.3) is 0 Å². The zero-order valence-electron chi connectivity index (χ0n) is 10.6. The standard InChI is InChI=1S/C12H14N2O5/c1-3-19-12(16)11(15)13-8(2)9-4-6-10(7-5-9)14(17)18/h4-8H,3H2,1-2H3,(H,13,15)/t8-/m0/s1. The van der Waals surface area contributed by atoms with Crippen molar-refractivity contribution in [3.8, 4) is 0 Å². The van der Waals surface area contributed by atoms with Gasteiger partial charge in [-0.2, -0.15) is 0 Å². The largest absolute Gasteiger partial charge is 0.459 e. The summed E-state index contributed by atoms with van der Waals surface area (Å²) in [5.74, 6) is -1.79. The predicted octanol–water partition coefficient (Wildman–Crippen LogP) is 1.34. The fourth-order valence-electron chi connectivity index (χ4n) is 1.42. The van der Waals surface area contributed by atoms with E-state index in [-0.39, 0.29) is 12.3 Å². The van der Waals surface area contributed by atoms with E-state index < -0.39 is 22.8 Å². The minimum atomic E-state index is -0.948. The lowest BCUT2D eigenvalue weighted by Crippen LogP contribution is -2.34. The molecule has 7 heteroatoms. The number of carbonyl (C=O) groups excluding carboxylic acids is 2. The summed E-state index contributed by atoms with van der Waals surface area (Å²) in [6.07, 6.45) is 0. The Kier molecular flexibility index (Phi) is 4.99. The Morgan fingerprint density at radius 3 is 2.42 bits per heavy atom. The molecule has 7 nitrogen and oxygen atoms in total. The van der Waals surface area contributed by atoms with Crippen LogP contribution < -0.4 is 5.32 Å². The number of non-ortho nitro benzene ring substituents is 1. The third-order valence-electron chi connectivity index (χ3n) is 2.41. The molecule has 0 aliphatic heterocycles. The third kappa shape index (κ3) is 4.06. The van der Waals surface area contributed by atoms with E-state index in [2.05, 4.69) is 10.1 Å². The SMILES string of the molecule is CCOC(=O)C(=O)N[C@@H](C)c1ccc([N+](=O)[O-])cc1. The first kappa shape index (κ1) is 14.6. The van der Waals surface area contributed by atoms with Gasteiger partial charge in [0.25, 0.3) is 5.69 Å². The first-order valence-corrected chi connectivity index (χ1v) is 5.67. The van der Waals surface area contributed by atoms with Gasteiger partial charge in [-0.3, -0.25) is 14.9 Å². The molecule has 19 heavy (non-hydrogen) atoms. The molecule has 0 fully saturated rings. The molecular weight excluding hydrogens is 252 g/mol. The van der Waals surface area contributed by atoms with Crippen LogP contribution in [0.5, 0.6) is 0 Å². The quantitative estimate of drug-likeness (QED) is 0.383. The van der Waals surface area contributed by atoms with Crippen molar-refractivity contribution in [1.29, 1.82) is 0 Å². The van der Waals surface area contributed by atoms with Crippen molar-refractivity contribution in [2.75, 3.05) is 6.61 Å². The molecule has 0 spiro atoms.